The molecule has 0 saturated carbocycles. The van der Waals surface area contributed by atoms with E-state index in [0.29, 0.717) is 6.04 Å². The Labute approximate surface area is 163 Å². The van der Waals surface area contributed by atoms with E-state index in [1.807, 2.05) is 0 Å². The molecule has 0 spiro atoms. The van der Waals surface area contributed by atoms with Gasteiger partial charge >= 0.3 is 0 Å². The van der Waals surface area contributed by atoms with Crippen molar-refractivity contribution in [2.45, 2.75) is 52.5 Å². The number of hydrogen-bond donors (Lipinski definition) is 1. The lowest BCUT2D eigenvalue weighted by molar-refractivity contribution is 0.267. The molecule has 0 amide bonds. The van der Waals surface area contributed by atoms with Crippen LogP contribution in [0.1, 0.15) is 46.5 Å². The van der Waals surface area contributed by atoms with E-state index in [2.05, 4.69) is 79.5 Å². The fraction of sp³-hybridized carbons (Fsp3) is 0.458. The van der Waals surface area contributed by atoms with E-state index in [-0.39, 0.29) is 0 Å². The summed E-state index contributed by atoms with van der Waals surface area (Å²) < 4.78 is 0. The number of fused-ring (bicyclic) bond motifs is 2. The fourth-order valence-corrected chi connectivity index (χ4v) is 3.90. The minimum absolute atomic E-state index is 0.435. The van der Waals surface area contributed by atoms with E-state index in [4.69, 9.17) is 4.98 Å². The van der Waals surface area contributed by atoms with Gasteiger partial charge in [-0.25, -0.2) is 4.98 Å². The number of aromatic nitrogens is 1. The highest BCUT2D eigenvalue weighted by molar-refractivity contribution is 6.07. The van der Waals surface area contributed by atoms with Gasteiger partial charge in [-0.1, -0.05) is 50.2 Å². The lowest BCUT2D eigenvalue weighted by Gasteiger charge is -2.23. The molecule has 3 aromatic rings. The molecule has 144 valence electrons. The number of nitrogens with one attached hydrogen (secondary N) is 1. The summed E-state index contributed by atoms with van der Waals surface area (Å²) >= 11 is 0. The topological polar surface area (TPSA) is 28.2 Å². The van der Waals surface area contributed by atoms with Crippen LogP contribution in [0.15, 0.2) is 48.5 Å². The van der Waals surface area contributed by atoms with E-state index >= 15 is 0 Å². The van der Waals surface area contributed by atoms with Gasteiger partial charge in [0, 0.05) is 16.8 Å². The second-order valence-electron chi connectivity index (χ2n) is 7.55. The first kappa shape index (κ1) is 19.6. The van der Waals surface area contributed by atoms with E-state index < -0.39 is 0 Å². The highest BCUT2D eigenvalue weighted by Crippen LogP contribution is 2.31. The molecule has 0 saturated heterocycles. The molecule has 0 aliphatic rings. The van der Waals surface area contributed by atoms with Crippen molar-refractivity contribution < 1.29 is 0 Å². The van der Waals surface area contributed by atoms with Gasteiger partial charge in [0.1, 0.15) is 0 Å². The average molecular weight is 364 g/mol. The molecule has 3 rings (SSSR count). The highest BCUT2D eigenvalue weighted by Gasteiger charge is 2.11. The molecule has 0 radical (unpaired) electrons. The third-order valence-electron chi connectivity index (χ3n) is 5.17. The van der Waals surface area contributed by atoms with Gasteiger partial charge in [-0.2, -0.15) is 0 Å². The SMILES string of the molecule is CCCN(CCC)CCCC(C)Nc1c2ccccc2nc2ccccc12. The van der Waals surface area contributed by atoms with Crippen LogP contribution in [0.2, 0.25) is 0 Å². The number of benzene rings is 2. The van der Waals surface area contributed by atoms with E-state index in [0.717, 1.165) is 11.0 Å². The lowest BCUT2D eigenvalue weighted by Crippen LogP contribution is -2.27. The number of hydrogen-bond acceptors (Lipinski definition) is 3. The van der Waals surface area contributed by atoms with Gasteiger partial charge < -0.3 is 10.2 Å². The van der Waals surface area contributed by atoms with Gasteiger partial charge in [0.15, 0.2) is 0 Å². The van der Waals surface area contributed by atoms with E-state index in [1.165, 1.54) is 61.8 Å². The maximum absolute atomic E-state index is 4.83. The summed E-state index contributed by atoms with van der Waals surface area (Å²) in [7, 11) is 0. The Morgan fingerprint density at radius 3 is 1.96 bits per heavy atom. The molecule has 0 bridgehead atoms. The van der Waals surface area contributed by atoms with Gasteiger partial charge in [-0.3, -0.25) is 0 Å². The molecular formula is C24H33N3. The second-order valence-corrected chi connectivity index (χ2v) is 7.55. The summed E-state index contributed by atoms with van der Waals surface area (Å²) in [5, 5.41) is 6.23. The normalized spacial score (nSPS) is 12.7. The quantitative estimate of drug-likeness (QED) is 0.442. The zero-order valence-electron chi connectivity index (χ0n) is 17.0. The highest BCUT2D eigenvalue weighted by atomic mass is 15.1. The first-order valence-corrected chi connectivity index (χ1v) is 10.5. The van der Waals surface area contributed by atoms with Gasteiger partial charge in [0.25, 0.3) is 0 Å². The van der Waals surface area contributed by atoms with Crippen LogP contribution in [0, 0.1) is 0 Å². The van der Waals surface area contributed by atoms with Crippen molar-refractivity contribution in [3.05, 3.63) is 48.5 Å². The Balaban J connectivity index is 1.73. The molecule has 0 fully saturated rings. The molecule has 1 atom stereocenters. The molecule has 1 unspecified atom stereocenters. The van der Waals surface area contributed by atoms with Crippen LogP contribution in [0.25, 0.3) is 21.8 Å². The number of anilines is 1. The maximum atomic E-state index is 4.83. The van der Waals surface area contributed by atoms with Crippen molar-refractivity contribution >= 4 is 27.5 Å². The van der Waals surface area contributed by atoms with Gasteiger partial charge in [0.05, 0.1) is 16.7 Å². The Morgan fingerprint density at radius 2 is 1.41 bits per heavy atom. The summed E-state index contributed by atoms with van der Waals surface area (Å²) in [5.74, 6) is 0. The van der Waals surface area contributed by atoms with Crippen LogP contribution in [-0.2, 0) is 0 Å². The molecule has 27 heavy (non-hydrogen) atoms. The van der Waals surface area contributed by atoms with Crippen LogP contribution < -0.4 is 5.32 Å². The monoisotopic (exact) mass is 363 g/mol. The van der Waals surface area contributed by atoms with Gasteiger partial charge in [0.2, 0.25) is 0 Å². The molecule has 2 aromatic carbocycles. The lowest BCUT2D eigenvalue weighted by atomic mass is 10.1. The molecule has 3 nitrogen and oxygen atoms in total. The standard InChI is InChI=1S/C24H33N3/c1-4-16-27(17-5-2)18-10-11-19(3)25-24-20-12-6-8-14-22(20)26-23-15-9-7-13-21(23)24/h6-9,12-15,19H,4-5,10-11,16-18H2,1-3H3,(H,25,26). The summed E-state index contributed by atoms with van der Waals surface area (Å²) in [4.78, 5) is 7.43. The average Bonchev–Trinajstić information content (AvgIpc) is 2.68. The summed E-state index contributed by atoms with van der Waals surface area (Å²) in [6, 6.07) is 17.3. The van der Waals surface area contributed by atoms with Crippen LogP contribution in [0.5, 0.6) is 0 Å². The van der Waals surface area contributed by atoms with E-state index in [9.17, 15) is 0 Å². The zero-order valence-corrected chi connectivity index (χ0v) is 17.0. The molecule has 0 aliphatic heterocycles. The number of para-hydroxylation sites is 2. The van der Waals surface area contributed by atoms with Crippen molar-refractivity contribution in [2.75, 3.05) is 25.0 Å². The number of pyridine rings is 1. The van der Waals surface area contributed by atoms with Crippen LogP contribution in [0.4, 0.5) is 5.69 Å². The van der Waals surface area contributed by atoms with Crippen molar-refractivity contribution in [3.8, 4) is 0 Å². The third-order valence-corrected chi connectivity index (χ3v) is 5.17. The molecular weight excluding hydrogens is 330 g/mol. The summed E-state index contributed by atoms with van der Waals surface area (Å²) in [6.07, 6.45) is 4.88. The molecule has 1 heterocycles. The summed E-state index contributed by atoms with van der Waals surface area (Å²) in [5.41, 5.74) is 3.34. The van der Waals surface area contributed by atoms with Gasteiger partial charge in [-0.15, -0.1) is 0 Å². The second kappa shape index (κ2) is 9.70. The Bertz CT molecular complexity index is 798. The van der Waals surface area contributed by atoms with Crippen LogP contribution in [-0.4, -0.2) is 35.6 Å². The van der Waals surface area contributed by atoms with E-state index in [1.54, 1.807) is 0 Å². The minimum Gasteiger partial charge on any atom is -0.381 e. The Hall–Kier alpha value is -2.13. The zero-order chi connectivity index (χ0) is 19.1. The Morgan fingerprint density at radius 1 is 0.852 bits per heavy atom. The minimum atomic E-state index is 0.435. The first-order valence-electron chi connectivity index (χ1n) is 10.5. The fourth-order valence-electron chi connectivity index (χ4n) is 3.90. The van der Waals surface area contributed by atoms with Crippen LogP contribution >= 0.6 is 0 Å². The number of nitrogens with zero attached hydrogens (tertiary/aromatic N) is 2. The maximum Gasteiger partial charge on any atom is 0.0730 e. The smallest absolute Gasteiger partial charge is 0.0730 e. The van der Waals surface area contributed by atoms with Gasteiger partial charge in [-0.05, 0) is 64.4 Å². The Kier molecular flexibility index (Phi) is 7.05. The van der Waals surface area contributed by atoms with Crippen LogP contribution in [0.3, 0.4) is 0 Å². The van der Waals surface area contributed by atoms with Crippen molar-refractivity contribution in [3.63, 3.8) is 0 Å². The predicted octanol–water partition coefficient (Wildman–Crippen LogP) is 6.09. The summed E-state index contributed by atoms with van der Waals surface area (Å²) in [6.45, 7) is 10.5. The molecule has 1 aromatic heterocycles. The van der Waals surface area contributed by atoms with Crippen molar-refractivity contribution in [2.24, 2.45) is 0 Å². The van der Waals surface area contributed by atoms with Crippen molar-refractivity contribution in [1.82, 2.24) is 9.88 Å². The third kappa shape index (κ3) is 4.98. The number of rotatable bonds is 10. The van der Waals surface area contributed by atoms with Crippen molar-refractivity contribution in [1.29, 1.82) is 0 Å². The first-order chi connectivity index (χ1) is 13.2. The predicted molar refractivity (Wildman–Crippen MR) is 119 cm³/mol. The molecule has 3 heteroatoms. The molecule has 1 N–H and O–H groups in total. The largest absolute Gasteiger partial charge is 0.381 e. The molecule has 0 aliphatic carbocycles.